The number of hydrogen-bond acceptors (Lipinski definition) is 2. The highest BCUT2D eigenvalue weighted by Gasteiger charge is 2.31. The zero-order chi connectivity index (χ0) is 14.8. The number of Topliss-reactive ketones (excluding diaryl/α,β-unsaturated/α-hetero) is 1. The van der Waals surface area contributed by atoms with Crippen LogP contribution in [0.2, 0.25) is 0 Å². The highest BCUT2D eigenvalue weighted by molar-refractivity contribution is 6.08. The van der Waals surface area contributed by atoms with E-state index in [1.54, 1.807) is 0 Å². The molecule has 3 rings (SSSR count). The van der Waals surface area contributed by atoms with Crippen molar-refractivity contribution in [3.05, 3.63) is 47.5 Å². The van der Waals surface area contributed by atoms with Gasteiger partial charge in [-0.2, -0.15) is 0 Å². The lowest BCUT2D eigenvalue weighted by Crippen LogP contribution is -2.32. The topological polar surface area (TPSA) is 26.3 Å². The van der Waals surface area contributed by atoms with E-state index in [1.165, 1.54) is 10.9 Å². The molecule has 0 aromatic heterocycles. The maximum absolute atomic E-state index is 12.6. The Labute approximate surface area is 126 Å². The Morgan fingerprint density at radius 1 is 1.14 bits per heavy atom. The van der Waals surface area contributed by atoms with E-state index in [9.17, 15) is 4.79 Å². The van der Waals surface area contributed by atoms with Gasteiger partial charge in [0, 0.05) is 18.6 Å². The minimum Gasteiger partial charge on any atom is -0.378 e. The van der Waals surface area contributed by atoms with Crippen molar-refractivity contribution in [3.63, 3.8) is 0 Å². The second-order valence-corrected chi connectivity index (χ2v) is 6.02. The van der Waals surface area contributed by atoms with E-state index in [0.29, 0.717) is 18.4 Å². The molecule has 110 valence electrons. The van der Waals surface area contributed by atoms with Crippen LogP contribution in [-0.4, -0.2) is 18.5 Å². The van der Waals surface area contributed by atoms with Crippen molar-refractivity contribution in [2.45, 2.75) is 39.2 Å². The average molecular weight is 282 g/mol. The van der Waals surface area contributed by atoms with Crippen LogP contribution in [-0.2, 0) is 4.74 Å². The molecular weight excluding hydrogens is 260 g/mol. The lowest BCUT2D eigenvalue weighted by Gasteiger charge is -2.34. The van der Waals surface area contributed by atoms with Crippen LogP contribution in [0.1, 0.15) is 42.1 Å². The molecule has 1 fully saturated rings. The highest BCUT2D eigenvalue weighted by Crippen LogP contribution is 2.34. The Morgan fingerprint density at radius 2 is 1.86 bits per heavy atom. The monoisotopic (exact) mass is 282 g/mol. The average Bonchev–Trinajstić information content (AvgIpc) is 2.45. The van der Waals surface area contributed by atoms with Crippen molar-refractivity contribution in [2.24, 2.45) is 5.92 Å². The lowest BCUT2D eigenvalue weighted by atomic mass is 9.78. The van der Waals surface area contributed by atoms with Crippen molar-refractivity contribution in [3.8, 4) is 0 Å². The van der Waals surface area contributed by atoms with E-state index in [2.05, 4.69) is 25.1 Å². The van der Waals surface area contributed by atoms with Crippen LogP contribution in [0.25, 0.3) is 10.8 Å². The van der Waals surface area contributed by atoms with Crippen molar-refractivity contribution in [2.75, 3.05) is 6.61 Å². The third kappa shape index (κ3) is 2.86. The summed E-state index contributed by atoms with van der Waals surface area (Å²) in [4.78, 5) is 12.6. The van der Waals surface area contributed by atoms with E-state index in [1.807, 2.05) is 25.1 Å². The van der Waals surface area contributed by atoms with Crippen LogP contribution in [0.5, 0.6) is 0 Å². The van der Waals surface area contributed by atoms with E-state index < -0.39 is 0 Å². The van der Waals surface area contributed by atoms with Crippen LogP contribution >= 0.6 is 0 Å². The number of fused-ring (bicyclic) bond motifs is 1. The van der Waals surface area contributed by atoms with Gasteiger partial charge in [-0.1, -0.05) is 36.4 Å². The zero-order valence-electron chi connectivity index (χ0n) is 12.8. The number of carbonyl (C=O) groups is 1. The second-order valence-electron chi connectivity index (χ2n) is 6.02. The van der Waals surface area contributed by atoms with Gasteiger partial charge in [-0.15, -0.1) is 0 Å². The quantitative estimate of drug-likeness (QED) is 0.753. The third-order valence-corrected chi connectivity index (χ3v) is 4.51. The van der Waals surface area contributed by atoms with Gasteiger partial charge in [0.05, 0.1) is 6.10 Å². The molecule has 21 heavy (non-hydrogen) atoms. The Bertz CT molecular complexity index is 654. The van der Waals surface area contributed by atoms with E-state index >= 15 is 0 Å². The first-order valence-electron chi connectivity index (χ1n) is 7.82. The van der Waals surface area contributed by atoms with Crippen LogP contribution < -0.4 is 0 Å². The molecule has 1 saturated carbocycles. The molecule has 0 amide bonds. The number of rotatable bonds is 5. The Morgan fingerprint density at radius 3 is 2.57 bits per heavy atom. The molecule has 2 aromatic rings. The summed E-state index contributed by atoms with van der Waals surface area (Å²) < 4.78 is 5.57. The summed E-state index contributed by atoms with van der Waals surface area (Å²) in [5.41, 5.74) is 2.10. The SMILES string of the molecule is CCOC1CC(CC(=O)c2ccc(C)c3ccccc23)C1. The fraction of sp³-hybridized carbons (Fsp3) is 0.421. The maximum Gasteiger partial charge on any atom is 0.163 e. The first-order valence-corrected chi connectivity index (χ1v) is 7.82. The number of aryl methyl sites for hydroxylation is 1. The van der Waals surface area contributed by atoms with Gasteiger partial charge in [0.25, 0.3) is 0 Å². The molecule has 0 radical (unpaired) electrons. The van der Waals surface area contributed by atoms with E-state index in [0.717, 1.165) is 30.4 Å². The standard InChI is InChI=1S/C19H22O2/c1-3-21-15-10-14(11-15)12-19(20)18-9-8-13(2)16-6-4-5-7-17(16)18/h4-9,14-15H,3,10-12H2,1-2H3. The molecule has 0 spiro atoms. The van der Waals surface area contributed by atoms with Crippen LogP contribution in [0, 0.1) is 12.8 Å². The molecule has 2 aromatic carbocycles. The molecule has 2 nitrogen and oxygen atoms in total. The Hall–Kier alpha value is -1.67. The zero-order valence-corrected chi connectivity index (χ0v) is 12.8. The summed E-state index contributed by atoms with van der Waals surface area (Å²) in [6, 6.07) is 12.2. The number of ether oxygens (including phenoxy) is 1. The van der Waals surface area contributed by atoms with Gasteiger partial charge in [-0.05, 0) is 48.9 Å². The first kappa shape index (κ1) is 14.3. The minimum absolute atomic E-state index is 0.270. The van der Waals surface area contributed by atoms with Crippen LogP contribution in [0.15, 0.2) is 36.4 Å². The summed E-state index contributed by atoms with van der Waals surface area (Å²) >= 11 is 0. The number of ketones is 1. The van der Waals surface area contributed by atoms with Gasteiger partial charge in [0.1, 0.15) is 0 Å². The molecule has 0 heterocycles. The fourth-order valence-corrected chi connectivity index (χ4v) is 3.28. The Kier molecular flexibility index (Phi) is 4.07. The molecule has 0 bridgehead atoms. The minimum atomic E-state index is 0.270. The third-order valence-electron chi connectivity index (χ3n) is 4.51. The highest BCUT2D eigenvalue weighted by atomic mass is 16.5. The molecule has 2 heteroatoms. The van der Waals surface area contributed by atoms with Crippen molar-refractivity contribution in [1.29, 1.82) is 0 Å². The molecule has 0 saturated heterocycles. The Balaban J connectivity index is 1.75. The smallest absolute Gasteiger partial charge is 0.163 e. The molecule has 1 aliphatic carbocycles. The predicted molar refractivity (Wildman–Crippen MR) is 85.8 cm³/mol. The number of benzene rings is 2. The summed E-state index contributed by atoms with van der Waals surface area (Å²) in [7, 11) is 0. The molecule has 1 aliphatic rings. The normalized spacial score (nSPS) is 21.2. The van der Waals surface area contributed by atoms with Gasteiger partial charge in [-0.3, -0.25) is 4.79 Å². The molecule has 0 N–H and O–H groups in total. The first-order chi connectivity index (χ1) is 10.2. The second kappa shape index (κ2) is 5.98. The molecule has 0 atom stereocenters. The van der Waals surface area contributed by atoms with Crippen molar-refractivity contribution in [1.82, 2.24) is 0 Å². The van der Waals surface area contributed by atoms with E-state index in [4.69, 9.17) is 4.74 Å². The van der Waals surface area contributed by atoms with Crippen LogP contribution in [0.4, 0.5) is 0 Å². The summed E-state index contributed by atoms with van der Waals surface area (Å²) in [5, 5.41) is 2.27. The van der Waals surface area contributed by atoms with Crippen molar-refractivity contribution < 1.29 is 9.53 Å². The summed E-state index contributed by atoms with van der Waals surface area (Å²) in [6.45, 7) is 4.89. The van der Waals surface area contributed by atoms with Crippen LogP contribution in [0.3, 0.4) is 0 Å². The molecular formula is C19H22O2. The van der Waals surface area contributed by atoms with Gasteiger partial charge >= 0.3 is 0 Å². The summed E-state index contributed by atoms with van der Waals surface area (Å²) in [6.07, 6.45) is 3.09. The summed E-state index contributed by atoms with van der Waals surface area (Å²) in [5.74, 6) is 0.764. The maximum atomic E-state index is 12.6. The van der Waals surface area contributed by atoms with Gasteiger partial charge < -0.3 is 4.74 Å². The lowest BCUT2D eigenvalue weighted by molar-refractivity contribution is -0.0245. The molecule has 0 aliphatic heterocycles. The van der Waals surface area contributed by atoms with Gasteiger partial charge in [-0.25, -0.2) is 0 Å². The number of hydrogen-bond donors (Lipinski definition) is 0. The van der Waals surface area contributed by atoms with Gasteiger partial charge in [0.15, 0.2) is 5.78 Å². The molecule has 0 unspecified atom stereocenters. The van der Waals surface area contributed by atoms with E-state index in [-0.39, 0.29) is 5.78 Å². The predicted octanol–water partition coefficient (Wildman–Crippen LogP) is 4.54. The fourth-order valence-electron chi connectivity index (χ4n) is 3.28. The van der Waals surface area contributed by atoms with Gasteiger partial charge in [0.2, 0.25) is 0 Å². The largest absolute Gasteiger partial charge is 0.378 e. The van der Waals surface area contributed by atoms with Crippen molar-refractivity contribution >= 4 is 16.6 Å². The number of carbonyl (C=O) groups excluding carboxylic acids is 1.